The van der Waals surface area contributed by atoms with E-state index in [1.54, 1.807) is 110 Å². The van der Waals surface area contributed by atoms with Crippen LogP contribution >= 0.6 is 0 Å². The number of carbonyl (C=O) groups excluding carboxylic acids is 12. The van der Waals surface area contributed by atoms with E-state index < -0.39 is 33.2 Å². The van der Waals surface area contributed by atoms with Crippen molar-refractivity contribution in [1.82, 2.24) is 54.3 Å². The summed E-state index contributed by atoms with van der Waals surface area (Å²) in [5.41, 5.74) is 4.73. The summed E-state index contributed by atoms with van der Waals surface area (Å²) in [4.78, 5) is 178. The van der Waals surface area contributed by atoms with E-state index in [-0.39, 0.29) is 70.9 Å². The Bertz CT molecular complexity index is 5100. The zero-order valence-electron chi connectivity index (χ0n) is 64.6. The molecule has 0 fully saturated rings. The third-order valence-electron chi connectivity index (χ3n) is 19.0. The monoisotopic (exact) mass is 1470 g/mol. The van der Waals surface area contributed by atoms with E-state index in [0.29, 0.717) is 99.7 Å². The lowest BCUT2D eigenvalue weighted by atomic mass is 9.91. The Balaban J connectivity index is 0.000000123. The number of amides is 12. The van der Waals surface area contributed by atoms with E-state index in [0.717, 1.165) is 21.5 Å². The van der Waals surface area contributed by atoms with E-state index in [9.17, 15) is 57.5 Å². The average Bonchev–Trinajstić information content (AvgIpc) is 1.28. The van der Waals surface area contributed by atoms with Crippen LogP contribution in [0.2, 0.25) is 0 Å². The van der Waals surface area contributed by atoms with Crippen LogP contribution < -0.4 is 0 Å². The van der Waals surface area contributed by atoms with Crippen molar-refractivity contribution >= 4 is 125 Å². The topological polar surface area (TPSA) is 289 Å². The molecule has 0 unspecified atom stereocenters. The van der Waals surface area contributed by atoms with Gasteiger partial charge in [-0.3, -0.25) is 91.9 Å². The molecule has 12 amide bonds. The lowest BCUT2D eigenvalue weighted by Crippen LogP contribution is -2.51. The largest absolute Gasteiger partial charge is 0.280 e. The van der Waals surface area contributed by atoms with Gasteiger partial charge in [0.15, 0.2) is 5.65 Å². The number of imide groups is 6. The van der Waals surface area contributed by atoms with Crippen molar-refractivity contribution in [2.24, 2.45) is 0 Å². The van der Waals surface area contributed by atoms with Gasteiger partial charge in [-0.25, -0.2) is 19.9 Å². The molecule has 11 aromatic rings. The maximum absolute atomic E-state index is 12.6. The van der Waals surface area contributed by atoms with Crippen molar-refractivity contribution in [2.75, 3.05) is 0 Å². The minimum atomic E-state index is -0.584. The first-order chi connectivity index (χ1) is 51.5. The lowest BCUT2D eigenvalue weighted by Gasteiger charge is -2.37. The molecule has 23 heteroatoms. The standard InChI is InChI=1S/2C16H15NO2.C15H14N2O2.2C14H13N3O2.C12H13NO2/c1-16(2,3)17-14(18)11-8-4-6-10-7-5-9-12(13(10)11)15(17)19;1-16(2,3)17-14(18)12-9-8-10-6-4-5-7-11(10)13(12)15(17)19;1-15(2,3)17-13(18)9-5-4-6-11-12(9)10(14(17)19)7-8-16-11;1-14(2,3)17-12(18)8-4-6-15-11-10(8)9(13(17)19)5-7-16-11;1-14(2,3)17-12(18)8-5-4-6-9-10(8)11(13(17)19)16-7-15-9;1-12(2,3)13-10(14)8-6-4-5-7-9(8)11(13)15/h2*4-9H,1-3H3;4-8H,1-3H3;2*4-7H,1-3H3;4-7H,1-3H3. The van der Waals surface area contributed by atoms with Gasteiger partial charge in [-0.05, 0) is 214 Å². The number of benzene rings is 7. The Morgan fingerprint density at radius 3 is 0.973 bits per heavy atom. The highest BCUT2D eigenvalue weighted by Gasteiger charge is 2.47. The summed E-state index contributed by atoms with van der Waals surface area (Å²) in [6.45, 7) is 33.4. The second kappa shape index (κ2) is 27.8. The van der Waals surface area contributed by atoms with Crippen LogP contribution in [0.25, 0.3) is 54.4 Å². The normalized spacial score (nSPS) is 15.3. The summed E-state index contributed by atoms with van der Waals surface area (Å²) < 4.78 is 0. The highest BCUT2D eigenvalue weighted by atomic mass is 16.2. The zero-order chi connectivity index (χ0) is 80.1. The molecule has 0 bridgehead atoms. The minimum Gasteiger partial charge on any atom is -0.269 e. The molecule has 0 atom stereocenters. The van der Waals surface area contributed by atoms with Gasteiger partial charge >= 0.3 is 0 Å². The molecule has 6 aliphatic heterocycles. The molecule has 0 spiro atoms. The molecule has 0 N–H and O–H groups in total. The molecule has 4 aromatic heterocycles. The van der Waals surface area contributed by atoms with Crippen LogP contribution in [0, 0.1) is 0 Å². The third-order valence-corrected chi connectivity index (χ3v) is 19.0. The molecule has 10 heterocycles. The Labute approximate surface area is 635 Å². The summed E-state index contributed by atoms with van der Waals surface area (Å²) in [5, 5.41) is 5.33. The van der Waals surface area contributed by atoms with E-state index in [1.165, 1.54) is 35.7 Å². The van der Waals surface area contributed by atoms with Gasteiger partial charge in [-0.1, -0.05) is 78.9 Å². The van der Waals surface area contributed by atoms with Crippen molar-refractivity contribution in [1.29, 1.82) is 0 Å². The number of carbonyl (C=O) groups is 12. The maximum atomic E-state index is 12.6. The Kier molecular flexibility index (Phi) is 19.4. The van der Waals surface area contributed by atoms with Gasteiger partial charge in [-0.15, -0.1) is 0 Å². The van der Waals surface area contributed by atoms with E-state index in [2.05, 4.69) is 24.9 Å². The minimum absolute atomic E-state index is 0.190. The van der Waals surface area contributed by atoms with Crippen molar-refractivity contribution in [3.63, 3.8) is 0 Å². The van der Waals surface area contributed by atoms with Gasteiger partial charge in [0.25, 0.3) is 70.9 Å². The highest BCUT2D eigenvalue weighted by molar-refractivity contribution is 6.30. The fourth-order valence-electron chi connectivity index (χ4n) is 14.3. The van der Waals surface area contributed by atoms with Crippen LogP contribution in [0.1, 0.15) is 249 Å². The average molecular weight is 1470 g/mol. The number of pyridine rings is 3. The van der Waals surface area contributed by atoms with Crippen LogP contribution in [0.3, 0.4) is 0 Å². The fraction of sp³-hybridized carbons (Fsp3) is 0.276. The van der Waals surface area contributed by atoms with Crippen LogP contribution in [0.5, 0.6) is 0 Å². The van der Waals surface area contributed by atoms with Crippen LogP contribution in [-0.4, -0.2) is 158 Å². The van der Waals surface area contributed by atoms with Crippen molar-refractivity contribution in [3.05, 3.63) is 243 Å². The number of rotatable bonds is 0. The summed E-state index contributed by atoms with van der Waals surface area (Å²) in [5.74, 6) is -2.89. The molecule has 17 rings (SSSR count). The zero-order valence-corrected chi connectivity index (χ0v) is 64.6. The maximum Gasteiger partial charge on any atom is 0.280 e. The molecule has 0 saturated heterocycles. The molecule has 6 aliphatic rings. The quantitative estimate of drug-likeness (QED) is 0.127. The molecular formula is C87H83N11O12. The Morgan fingerprint density at radius 1 is 0.227 bits per heavy atom. The molecular weight excluding hydrogens is 1390 g/mol. The highest BCUT2D eigenvalue weighted by Crippen LogP contribution is 2.39. The molecule has 0 radical (unpaired) electrons. The number of hydrogen-bond donors (Lipinski definition) is 0. The van der Waals surface area contributed by atoms with Gasteiger partial charge in [-0.2, -0.15) is 0 Å². The lowest BCUT2D eigenvalue weighted by molar-refractivity contribution is 0.0439. The van der Waals surface area contributed by atoms with Gasteiger partial charge in [0.2, 0.25) is 0 Å². The van der Waals surface area contributed by atoms with E-state index >= 15 is 0 Å². The van der Waals surface area contributed by atoms with Crippen LogP contribution in [-0.2, 0) is 0 Å². The number of fused-ring (bicyclic) bond motifs is 4. The molecule has 558 valence electrons. The summed E-state index contributed by atoms with van der Waals surface area (Å²) in [6.07, 6.45) is 6.05. The Hall–Kier alpha value is -12.8. The SMILES string of the molecule is CC(C)(C)N1C(=O)c2ccc3ccccc3c2C1=O.CC(C)(C)N1C(=O)c2cccc3cccc(c23)C1=O.CC(C)(C)N1C(=O)c2cccc3nccc(c23)C1=O.CC(C)(C)N1C(=O)c2cccc3ncnc(c23)C1=O.CC(C)(C)N1C(=O)c2ccccc2C1=O.CC(C)(C)N1C(=O)c2ccnc3nccc(c23)C1=O. The number of nitrogens with zero attached hydrogens (tertiary/aromatic N) is 11. The Morgan fingerprint density at radius 2 is 0.536 bits per heavy atom. The van der Waals surface area contributed by atoms with Crippen molar-refractivity contribution in [2.45, 2.75) is 158 Å². The third kappa shape index (κ3) is 13.5. The first kappa shape index (κ1) is 76.8. The summed E-state index contributed by atoms with van der Waals surface area (Å²) >= 11 is 0. The summed E-state index contributed by atoms with van der Waals surface area (Å²) in [6, 6.07) is 45.0. The second-order valence-corrected chi connectivity index (χ2v) is 33.1. The second-order valence-electron chi connectivity index (χ2n) is 33.1. The molecule has 7 aromatic carbocycles. The van der Waals surface area contributed by atoms with E-state index in [1.807, 2.05) is 185 Å². The van der Waals surface area contributed by atoms with Gasteiger partial charge < -0.3 is 0 Å². The van der Waals surface area contributed by atoms with Crippen LogP contribution in [0.15, 0.2) is 177 Å². The van der Waals surface area contributed by atoms with Crippen LogP contribution in [0.4, 0.5) is 0 Å². The number of hydrogen-bond acceptors (Lipinski definition) is 17. The van der Waals surface area contributed by atoms with E-state index in [4.69, 9.17) is 0 Å². The smallest absolute Gasteiger partial charge is 0.269 e. The number of aromatic nitrogens is 5. The molecule has 23 nitrogen and oxygen atoms in total. The molecule has 0 saturated carbocycles. The predicted molar refractivity (Wildman–Crippen MR) is 417 cm³/mol. The van der Waals surface area contributed by atoms with Gasteiger partial charge in [0.1, 0.15) is 12.0 Å². The molecule has 0 aliphatic carbocycles. The van der Waals surface area contributed by atoms with Crippen molar-refractivity contribution < 1.29 is 57.5 Å². The fourth-order valence-corrected chi connectivity index (χ4v) is 14.3. The van der Waals surface area contributed by atoms with Gasteiger partial charge in [0, 0.05) is 84.5 Å². The first-order valence-electron chi connectivity index (χ1n) is 35.8. The predicted octanol–water partition coefficient (Wildman–Crippen LogP) is 15.2. The van der Waals surface area contributed by atoms with Gasteiger partial charge in [0.05, 0.1) is 61.1 Å². The molecule has 110 heavy (non-hydrogen) atoms. The first-order valence-corrected chi connectivity index (χ1v) is 35.8. The van der Waals surface area contributed by atoms with Crippen molar-refractivity contribution in [3.8, 4) is 0 Å². The summed E-state index contributed by atoms with van der Waals surface area (Å²) in [7, 11) is 0.